The molecule has 60 heavy (non-hydrogen) atoms. The lowest BCUT2D eigenvalue weighted by Crippen LogP contribution is -2.48. The molecule has 16 nitrogen and oxygen atoms in total. The smallest absolute Gasteiger partial charge is 0.329 e. The topological polar surface area (TPSA) is 185 Å². The largest absolute Gasteiger partial charge is 0.383 e. The maximum absolute atomic E-state index is 13.2. The molecule has 1 unspecified atom stereocenters. The van der Waals surface area contributed by atoms with Gasteiger partial charge in [-0.05, 0) is 79.9 Å². The van der Waals surface area contributed by atoms with Crippen LogP contribution in [-0.4, -0.2) is 93.8 Å². The molecule has 6 aromatic rings. The van der Waals surface area contributed by atoms with Crippen LogP contribution in [0, 0.1) is 0 Å². The van der Waals surface area contributed by atoms with E-state index in [1.807, 2.05) is 53.4 Å². The summed E-state index contributed by atoms with van der Waals surface area (Å²) < 4.78 is 28.6. The van der Waals surface area contributed by atoms with Crippen LogP contribution in [0.2, 0.25) is 0 Å². The van der Waals surface area contributed by atoms with Crippen molar-refractivity contribution >= 4 is 67.2 Å². The van der Waals surface area contributed by atoms with Gasteiger partial charge in [0.05, 0.1) is 27.3 Å². The van der Waals surface area contributed by atoms with Gasteiger partial charge in [-0.2, -0.15) is 4.98 Å². The van der Waals surface area contributed by atoms with Crippen LogP contribution in [0.25, 0.3) is 27.9 Å². The molecule has 8 rings (SSSR count). The third kappa shape index (κ3) is 8.48. The summed E-state index contributed by atoms with van der Waals surface area (Å²) in [6.45, 7) is 3.55. The van der Waals surface area contributed by atoms with E-state index in [0.29, 0.717) is 49.6 Å². The molecule has 3 amide bonds. The zero-order chi connectivity index (χ0) is 42.0. The number of hydrogen-bond acceptors (Lipinski definition) is 11. The van der Waals surface area contributed by atoms with Crippen LogP contribution in [0.5, 0.6) is 0 Å². The van der Waals surface area contributed by atoms with Crippen LogP contribution in [0.3, 0.4) is 0 Å². The fourth-order valence-electron chi connectivity index (χ4n) is 8.10. The summed E-state index contributed by atoms with van der Waals surface area (Å²) in [6, 6.07) is 25.4. The van der Waals surface area contributed by atoms with Gasteiger partial charge in [0.1, 0.15) is 6.04 Å². The lowest BCUT2D eigenvalue weighted by molar-refractivity contribution is -0.136. The molecule has 3 N–H and O–H groups in total. The van der Waals surface area contributed by atoms with Crippen molar-refractivity contribution in [2.24, 2.45) is 7.05 Å². The molecule has 2 fully saturated rings. The predicted molar refractivity (Wildman–Crippen MR) is 230 cm³/mol. The second-order valence-electron chi connectivity index (χ2n) is 15.4. The molecule has 17 heteroatoms. The fourth-order valence-corrected chi connectivity index (χ4v) is 8.73. The third-order valence-electron chi connectivity index (χ3n) is 11.3. The Kier molecular flexibility index (Phi) is 11.4. The number of pyridine rings is 1. The van der Waals surface area contributed by atoms with Crippen molar-refractivity contribution in [1.29, 1.82) is 0 Å². The Morgan fingerprint density at radius 1 is 0.867 bits per heavy atom. The minimum absolute atomic E-state index is 0.189. The fraction of sp³-hybridized carbons (Fsp3) is 0.349. The molecule has 3 aromatic heterocycles. The summed E-state index contributed by atoms with van der Waals surface area (Å²) in [5.74, 6) is -0.140. The van der Waals surface area contributed by atoms with Gasteiger partial charge in [-0.1, -0.05) is 37.1 Å². The number of sulfone groups is 1. The minimum Gasteiger partial charge on any atom is -0.383 e. The number of benzene rings is 3. The molecule has 312 valence electrons. The number of piperazine rings is 1. The number of fused-ring (bicyclic) bond motifs is 2. The normalized spacial score (nSPS) is 16.1. The molecule has 0 bridgehead atoms. The summed E-state index contributed by atoms with van der Waals surface area (Å²) in [4.78, 5) is 59.6. The van der Waals surface area contributed by atoms with Crippen molar-refractivity contribution in [3.05, 3.63) is 95.4 Å². The first-order valence-electron chi connectivity index (χ1n) is 20.3. The highest BCUT2D eigenvalue weighted by Crippen LogP contribution is 2.28. The van der Waals surface area contributed by atoms with Gasteiger partial charge in [-0.25, -0.2) is 17.7 Å². The van der Waals surface area contributed by atoms with Crippen LogP contribution in [0.4, 0.5) is 23.0 Å². The molecule has 0 spiro atoms. The van der Waals surface area contributed by atoms with Crippen LogP contribution in [0.1, 0.15) is 51.0 Å². The van der Waals surface area contributed by atoms with Crippen LogP contribution < -0.4 is 26.5 Å². The number of para-hydroxylation sites is 1. The van der Waals surface area contributed by atoms with Gasteiger partial charge in [-0.3, -0.25) is 28.8 Å². The maximum Gasteiger partial charge on any atom is 0.329 e. The first-order valence-corrected chi connectivity index (χ1v) is 22.2. The Morgan fingerprint density at radius 3 is 2.33 bits per heavy atom. The average Bonchev–Trinajstić information content (AvgIpc) is 3.77. The molecule has 2 aliphatic heterocycles. The van der Waals surface area contributed by atoms with Crippen molar-refractivity contribution in [2.45, 2.75) is 55.9 Å². The second-order valence-corrected chi connectivity index (χ2v) is 17.4. The molecule has 2 aliphatic rings. The van der Waals surface area contributed by atoms with Crippen molar-refractivity contribution in [2.75, 3.05) is 54.5 Å². The molecule has 0 radical (unpaired) electrons. The maximum atomic E-state index is 13.2. The zero-order valence-corrected chi connectivity index (χ0v) is 34.5. The van der Waals surface area contributed by atoms with Crippen molar-refractivity contribution in [3.63, 3.8) is 0 Å². The number of rotatable bonds is 14. The van der Waals surface area contributed by atoms with Gasteiger partial charge in [0, 0.05) is 75.8 Å². The van der Waals surface area contributed by atoms with Gasteiger partial charge >= 0.3 is 5.69 Å². The molecular formula is C43H48N10O6S. The third-order valence-corrected chi connectivity index (χ3v) is 12.4. The van der Waals surface area contributed by atoms with E-state index in [1.54, 1.807) is 40.4 Å². The molecule has 5 heterocycles. The summed E-state index contributed by atoms with van der Waals surface area (Å²) in [5, 5.41) is 13.8. The standard InChI is InChI=1S/C43H48N10O6S/c1-49-40-33(9-7-11-35(40)52(43(49)57)36-22-23-38(54)47-41(36)56)44-24-6-4-3-5-13-39(55)51-27-25-50(26-28-51)31-18-16-30(17-19-31)45-42-46-37-12-8-10-34(53(37)48-42)29-14-20-32(21-15-29)60(2,58)59/h7-12,14-21,36,44H,3-6,13,22-28H2,1-2H3,(H,45,48)(H,47,54,56). The Balaban J connectivity index is 0.763. The van der Waals surface area contributed by atoms with E-state index in [-0.39, 0.29) is 28.8 Å². The lowest BCUT2D eigenvalue weighted by atomic mass is 10.1. The molecule has 0 saturated carbocycles. The van der Waals surface area contributed by atoms with Crippen molar-refractivity contribution < 1.29 is 22.8 Å². The van der Waals surface area contributed by atoms with Gasteiger partial charge in [0.15, 0.2) is 15.5 Å². The van der Waals surface area contributed by atoms with Crippen molar-refractivity contribution in [1.82, 2.24) is 33.9 Å². The number of carbonyl (C=O) groups is 3. The van der Waals surface area contributed by atoms with E-state index in [2.05, 4.69) is 43.1 Å². The van der Waals surface area contributed by atoms with E-state index in [9.17, 15) is 27.6 Å². The minimum atomic E-state index is -3.29. The van der Waals surface area contributed by atoms with Crippen LogP contribution >= 0.6 is 0 Å². The second kappa shape index (κ2) is 17.0. The highest BCUT2D eigenvalue weighted by molar-refractivity contribution is 7.90. The SMILES string of the molecule is Cn1c(=O)n(C2CCC(=O)NC2=O)c2cccc(NCCCCCCC(=O)N3CCN(c4ccc(Nc5nc6cccc(-c7ccc(S(C)(=O)=O)cc7)n6n5)cc4)CC3)c21. The predicted octanol–water partition coefficient (Wildman–Crippen LogP) is 4.89. The number of unbranched alkanes of at least 4 members (excludes halogenated alkanes) is 3. The van der Waals surface area contributed by atoms with Gasteiger partial charge in [0.25, 0.3) is 0 Å². The number of imide groups is 1. The number of carbonyl (C=O) groups excluding carboxylic acids is 3. The number of aromatic nitrogens is 5. The monoisotopic (exact) mass is 832 g/mol. The molecule has 0 aliphatic carbocycles. The number of piperidine rings is 1. The molecular weight excluding hydrogens is 785 g/mol. The number of amides is 3. The summed E-state index contributed by atoms with van der Waals surface area (Å²) >= 11 is 0. The van der Waals surface area contributed by atoms with Crippen molar-refractivity contribution in [3.8, 4) is 11.3 Å². The Hall–Kier alpha value is -6.49. The quantitative estimate of drug-likeness (QED) is 0.100. The lowest BCUT2D eigenvalue weighted by Gasteiger charge is -2.36. The Bertz CT molecular complexity index is 2730. The Morgan fingerprint density at radius 2 is 1.60 bits per heavy atom. The van der Waals surface area contributed by atoms with E-state index in [4.69, 9.17) is 0 Å². The zero-order valence-electron chi connectivity index (χ0n) is 33.6. The summed E-state index contributed by atoms with van der Waals surface area (Å²) in [6.07, 6.45) is 5.83. The number of imidazole rings is 1. The van der Waals surface area contributed by atoms with E-state index in [1.165, 1.54) is 10.8 Å². The molecule has 3 aromatic carbocycles. The number of hydrogen-bond donors (Lipinski definition) is 3. The average molecular weight is 833 g/mol. The highest BCUT2D eigenvalue weighted by Gasteiger charge is 2.31. The molecule has 2 saturated heterocycles. The summed E-state index contributed by atoms with van der Waals surface area (Å²) in [5.41, 5.74) is 6.08. The van der Waals surface area contributed by atoms with Crippen LogP contribution in [0.15, 0.2) is 94.6 Å². The van der Waals surface area contributed by atoms with E-state index < -0.39 is 21.8 Å². The number of anilines is 4. The van der Waals surface area contributed by atoms with Gasteiger partial charge < -0.3 is 20.4 Å². The number of nitrogens with one attached hydrogen (secondary N) is 3. The number of aryl methyl sites for hydroxylation is 1. The van der Waals surface area contributed by atoms with E-state index >= 15 is 0 Å². The van der Waals surface area contributed by atoms with Crippen LogP contribution in [-0.2, 0) is 31.3 Å². The van der Waals surface area contributed by atoms with Gasteiger partial charge in [0.2, 0.25) is 23.7 Å². The molecule has 1 atom stereocenters. The van der Waals surface area contributed by atoms with Gasteiger partial charge in [-0.15, -0.1) is 5.10 Å². The Labute approximate surface area is 347 Å². The highest BCUT2D eigenvalue weighted by atomic mass is 32.2. The number of nitrogens with zero attached hydrogens (tertiary/aromatic N) is 7. The summed E-state index contributed by atoms with van der Waals surface area (Å²) in [7, 11) is -1.60. The first kappa shape index (κ1) is 40.3. The van der Waals surface area contributed by atoms with E-state index in [0.717, 1.165) is 72.6 Å². The first-order chi connectivity index (χ1) is 28.9.